The van der Waals surface area contributed by atoms with Crippen LogP contribution in [0.4, 0.5) is 4.79 Å². The Morgan fingerprint density at radius 2 is 2.24 bits per heavy atom. The van der Waals surface area contributed by atoms with Crippen LogP contribution in [-0.2, 0) is 9.53 Å². The van der Waals surface area contributed by atoms with Crippen LogP contribution in [0.5, 0.6) is 0 Å². The van der Waals surface area contributed by atoms with E-state index in [-0.39, 0.29) is 6.54 Å². The molecule has 0 rings (SSSR count). The van der Waals surface area contributed by atoms with Crippen LogP contribution < -0.4 is 5.32 Å². The fourth-order valence-electron chi connectivity index (χ4n) is 1.06. The number of aliphatic hydroxyl groups is 1. The number of carbonyl (C=O) groups is 2. The van der Waals surface area contributed by atoms with Crippen molar-refractivity contribution in [3.63, 3.8) is 0 Å². The summed E-state index contributed by atoms with van der Waals surface area (Å²) in [5.41, 5.74) is 0. The molecule has 0 aromatic carbocycles. The van der Waals surface area contributed by atoms with Gasteiger partial charge in [0.15, 0.2) is 6.04 Å². The van der Waals surface area contributed by atoms with Crippen molar-refractivity contribution >= 4 is 12.0 Å². The zero-order valence-electron chi connectivity index (χ0n) is 9.76. The molecule has 2 amide bonds. The smallest absolute Gasteiger partial charge is 0.328 e. The quantitative estimate of drug-likeness (QED) is 0.491. The number of carboxylic acid groups (broad SMARTS) is 1. The van der Waals surface area contributed by atoms with Crippen LogP contribution in [0.25, 0.3) is 0 Å². The molecular formula is C10H18N2O5. The number of carbonyl (C=O) groups excluding carboxylic acids is 1. The van der Waals surface area contributed by atoms with Crippen molar-refractivity contribution in [2.24, 2.45) is 0 Å². The van der Waals surface area contributed by atoms with Gasteiger partial charge in [-0.1, -0.05) is 6.08 Å². The molecule has 3 N–H and O–H groups in total. The van der Waals surface area contributed by atoms with Crippen LogP contribution in [0.3, 0.4) is 0 Å². The summed E-state index contributed by atoms with van der Waals surface area (Å²) in [6.07, 6.45) is 1.52. The molecule has 17 heavy (non-hydrogen) atoms. The molecule has 0 unspecified atom stereocenters. The normalized spacial score (nSPS) is 11.6. The van der Waals surface area contributed by atoms with E-state index in [9.17, 15) is 9.59 Å². The summed E-state index contributed by atoms with van der Waals surface area (Å²) >= 11 is 0. The summed E-state index contributed by atoms with van der Waals surface area (Å²) in [5, 5.41) is 19.6. The maximum Gasteiger partial charge on any atom is 0.328 e. The summed E-state index contributed by atoms with van der Waals surface area (Å²) < 4.78 is 4.83. The van der Waals surface area contributed by atoms with Gasteiger partial charge in [0.2, 0.25) is 0 Å². The second-order valence-corrected chi connectivity index (χ2v) is 3.25. The monoisotopic (exact) mass is 246 g/mol. The summed E-state index contributed by atoms with van der Waals surface area (Å²) in [6.45, 7) is 3.75. The molecule has 0 aromatic heterocycles. The first kappa shape index (κ1) is 15.4. The first-order chi connectivity index (χ1) is 8.06. The number of amides is 2. The van der Waals surface area contributed by atoms with Crippen molar-refractivity contribution in [3.8, 4) is 0 Å². The van der Waals surface area contributed by atoms with Gasteiger partial charge < -0.3 is 25.2 Å². The number of aliphatic hydroxyl groups excluding tert-OH is 1. The van der Waals surface area contributed by atoms with Crippen LogP contribution in [0, 0.1) is 0 Å². The second-order valence-electron chi connectivity index (χ2n) is 3.25. The van der Waals surface area contributed by atoms with Crippen molar-refractivity contribution in [3.05, 3.63) is 12.7 Å². The lowest BCUT2D eigenvalue weighted by atomic mass is 10.3. The molecule has 0 radical (unpaired) electrons. The van der Waals surface area contributed by atoms with Crippen molar-refractivity contribution in [2.45, 2.75) is 6.04 Å². The van der Waals surface area contributed by atoms with Crippen molar-refractivity contribution in [2.75, 3.05) is 33.4 Å². The van der Waals surface area contributed by atoms with E-state index < -0.39 is 24.6 Å². The van der Waals surface area contributed by atoms with E-state index in [0.29, 0.717) is 13.2 Å². The van der Waals surface area contributed by atoms with Crippen LogP contribution in [0.1, 0.15) is 0 Å². The van der Waals surface area contributed by atoms with E-state index in [0.717, 1.165) is 0 Å². The van der Waals surface area contributed by atoms with Gasteiger partial charge in [-0.3, -0.25) is 0 Å². The number of nitrogens with one attached hydrogen (secondary N) is 1. The standard InChI is InChI=1S/C10H18N2O5/c1-3-4-12(5-6-17-2)10(16)11-8(7-13)9(14)15/h3,8,13H,1,4-7H2,2H3,(H,11,16)(H,14,15)/t8-/m0/s1. The van der Waals surface area contributed by atoms with Crippen LogP contribution in [0.15, 0.2) is 12.7 Å². The SMILES string of the molecule is C=CCN(CCOC)C(=O)N[C@@H](CO)C(=O)O. The Kier molecular flexibility index (Phi) is 7.74. The number of hydrogen-bond donors (Lipinski definition) is 3. The molecular weight excluding hydrogens is 228 g/mol. The maximum atomic E-state index is 11.6. The molecule has 0 aliphatic heterocycles. The average Bonchev–Trinajstić information content (AvgIpc) is 2.30. The predicted molar refractivity (Wildman–Crippen MR) is 60.7 cm³/mol. The molecule has 0 saturated heterocycles. The number of urea groups is 1. The van der Waals surface area contributed by atoms with Crippen molar-refractivity contribution in [1.82, 2.24) is 10.2 Å². The summed E-state index contributed by atoms with van der Waals surface area (Å²) in [5.74, 6) is -1.29. The molecule has 0 heterocycles. The highest BCUT2D eigenvalue weighted by molar-refractivity contribution is 5.82. The first-order valence-corrected chi connectivity index (χ1v) is 5.05. The molecule has 0 aromatic rings. The largest absolute Gasteiger partial charge is 0.480 e. The Bertz CT molecular complexity index is 269. The highest BCUT2D eigenvalue weighted by atomic mass is 16.5. The van der Waals surface area contributed by atoms with Gasteiger partial charge in [-0.05, 0) is 0 Å². The van der Waals surface area contributed by atoms with E-state index in [1.165, 1.54) is 18.1 Å². The molecule has 7 heteroatoms. The lowest BCUT2D eigenvalue weighted by Gasteiger charge is -2.23. The number of nitrogens with zero attached hydrogens (tertiary/aromatic N) is 1. The van der Waals surface area contributed by atoms with E-state index in [2.05, 4.69) is 11.9 Å². The lowest BCUT2D eigenvalue weighted by Crippen LogP contribution is -2.50. The summed E-state index contributed by atoms with van der Waals surface area (Å²) in [7, 11) is 1.50. The highest BCUT2D eigenvalue weighted by Gasteiger charge is 2.21. The van der Waals surface area contributed by atoms with Crippen LogP contribution in [-0.4, -0.2) is 66.6 Å². The average molecular weight is 246 g/mol. The van der Waals surface area contributed by atoms with Crippen molar-refractivity contribution < 1.29 is 24.5 Å². The summed E-state index contributed by atoms with van der Waals surface area (Å²) in [4.78, 5) is 23.6. The Hall–Kier alpha value is -1.60. The fraction of sp³-hybridized carbons (Fsp3) is 0.600. The molecule has 0 aliphatic rings. The summed E-state index contributed by atoms with van der Waals surface area (Å²) in [6, 6.07) is -1.89. The minimum atomic E-state index is -1.31. The van der Waals surface area contributed by atoms with E-state index in [4.69, 9.17) is 14.9 Å². The lowest BCUT2D eigenvalue weighted by molar-refractivity contribution is -0.140. The van der Waals surface area contributed by atoms with Gasteiger partial charge >= 0.3 is 12.0 Å². The van der Waals surface area contributed by atoms with Gasteiger partial charge in [0.25, 0.3) is 0 Å². The molecule has 0 fully saturated rings. The zero-order valence-corrected chi connectivity index (χ0v) is 9.76. The van der Waals surface area contributed by atoms with E-state index in [1.54, 1.807) is 0 Å². The number of rotatable bonds is 8. The number of carboxylic acids is 1. The molecule has 0 saturated carbocycles. The van der Waals surface area contributed by atoms with E-state index >= 15 is 0 Å². The molecule has 98 valence electrons. The van der Waals surface area contributed by atoms with E-state index in [1.807, 2.05) is 0 Å². The molecule has 1 atom stereocenters. The Labute approximate surface area is 99.7 Å². The minimum Gasteiger partial charge on any atom is -0.480 e. The van der Waals surface area contributed by atoms with Gasteiger partial charge in [-0.25, -0.2) is 9.59 Å². The maximum absolute atomic E-state index is 11.6. The number of aliphatic carboxylic acids is 1. The highest BCUT2D eigenvalue weighted by Crippen LogP contribution is 1.93. The van der Waals surface area contributed by atoms with Gasteiger partial charge in [0, 0.05) is 20.2 Å². The Morgan fingerprint density at radius 3 is 2.65 bits per heavy atom. The fourth-order valence-corrected chi connectivity index (χ4v) is 1.06. The predicted octanol–water partition coefficient (Wildman–Crippen LogP) is -0.724. The van der Waals surface area contributed by atoms with Crippen LogP contribution >= 0.6 is 0 Å². The zero-order chi connectivity index (χ0) is 13.3. The van der Waals surface area contributed by atoms with Gasteiger partial charge in [-0.15, -0.1) is 6.58 Å². The third kappa shape index (κ3) is 5.88. The Balaban J connectivity index is 4.38. The number of ether oxygens (including phenoxy) is 1. The van der Waals surface area contributed by atoms with Crippen molar-refractivity contribution in [1.29, 1.82) is 0 Å². The van der Waals surface area contributed by atoms with Crippen LogP contribution in [0.2, 0.25) is 0 Å². The molecule has 0 bridgehead atoms. The molecule has 0 aliphatic carbocycles. The van der Waals surface area contributed by atoms with Gasteiger partial charge in [-0.2, -0.15) is 0 Å². The second kappa shape index (κ2) is 8.54. The Morgan fingerprint density at radius 1 is 1.59 bits per heavy atom. The minimum absolute atomic E-state index is 0.271. The first-order valence-electron chi connectivity index (χ1n) is 5.05. The molecule has 0 spiro atoms. The number of methoxy groups -OCH3 is 1. The topological polar surface area (TPSA) is 99.1 Å². The third-order valence-electron chi connectivity index (χ3n) is 1.98. The van der Waals surface area contributed by atoms with Gasteiger partial charge in [0.05, 0.1) is 13.2 Å². The molecule has 7 nitrogen and oxygen atoms in total. The van der Waals surface area contributed by atoms with Gasteiger partial charge in [0.1, 0.15) is 0 Å². The third-order valence-corrected chi connectivity index (χ3v) is 1.98. The number of hydrogen-bond acceptors (Lipinski definition) is 4.